The lowest BCUT2D eigenvalue weighted by molar-refractivity contribution is 0.106. The van der Waals surface area contributed by atoms with Crippen LogP contribution in [0.2, 0.25) is 5.02 Å². The summed E-state index contributed by atoms with van der Waals surface area (Å²) in [5.41, 5.74) is 6.89. The molecule has 5 N–H and O–H groups in total. The van der Waals surface area contributed by atoms with Gasteiger partial charge in [-0.05, 0) is 39.0 Å². The molecule has 0 bridgehead atoms. The molecule has 0 aliphatic carbocycles. The van der Waals surface area contributed by atoms with Crippen molar-refractivity contribution in [1.29, 1.82) is 0 Å². The highest BCUT2D eigenvalue weighted by Crippen LogP contribution is 2.39. The molecule has 2 aromatic heterocycles. The van der Waals surface area contributed by atoms with Gasteiger partial charge in [-0.1, -0.05) is 22.9 Å². The van der Waals surface area contributed by atoms with Gasteiger partial charge in [-0.25, -0.2) is 13.9 Å². The zero-order valence-corrected chi connectivity index (χ0v) is 20.9. The fourth-order valence-electron chi connectivity index (χ4n) is 2.77. The molecular weight excluding hydrogens is 508 g/mol. The number of nitrogens with one attached hydrogen (secondary N) is 1. The quantitative estimate of drug-likeness (QED) is 0.281. The Labute approximate surface area is 204 Å². The van der Waals surface area contributed by atoms with Gasteiger partial charge in [0.25, 0.3) is 0 Å². The summed E-state index contributed by atoms with van der Waals surface area (Å²) in [5.74, 6) is -0.140. The highest BCUT2D eigenvalue weighted by Gasteiger charge is 2.25. The van der Waals surface area contributed by atoms with E-state index in [2.05, 4.69) is 25.0 Å². The Kier molecular flexibility index (Phi) is 8.58. The molecule has 0 spiro atoms. The first-order valence-electron chi connectivity index (χ1n) is 10.1. The fourth-order valence-corrected chi connectivity index (χ4v) is 4.52. The lowest BCUT2D eigenvalue weighted by atomic mass is 10.2. The third-order valence-corrected chi connectivity index (χ3v) is 6.39. The van der Waals surface area contributed by atoms with Crippen molar-refractivity contribution in [1.82, 2.24) is 15.2 Å². The van der Waals surface area contributed by atoms with Crippen molar-refractivity contribution in [3.63, 3.8) is 0 Å². The number of phosphoric acid groups is 1. The molecule has 0 fully saturated rings. The molecule has 3 aromatic rings. The average molecular weight is 532 g/mol. The molecule has 3 rings (SSSR count). The minimum atomic E-state index is -4.71. The first-order valence-corrected chi connectivity index (χ1v) is 12.8. The van der Waals surface area contributed by atoms with Gasteiger partial charge in [0, 0.05) is 29.4 Å². The molecule has 0 radical (unpaired) electrons. The Hall–Kier alpha value is -2.18. The normalized spacial score (nSPS) is 13.7. The molecule has 0 amide bonds. The number of halogens is 2. The van der Waals surface area contributed by atoms with Crippen LogP contribution >= 0.6 is 30.8 Å². The number of hydrogen-bond acceptors (Lipinski definition) is 9. The summed E-state index contributed by atoms with van der Waals surface area (Å²) in [7, 11) is -4.71. The lowest BCUT2D eigenvalue weighted by Crippen LogP contribution is -2.39. The van der Waals surface area contributed by atoms with Crippen LogP contribution in [0.1, 0.15) is 20.8 Å². The van der Waals surface area contributed by atoms with Crippen molar-refractivity contribution in [2.75, 3.05) is 11.9 Å². The largest absolute Gasteiger partial charge is 0.489 e. The first kappa shape index (κ1) is 26.4. The van der Waals surface area contributed by atoms with E-state index in [1.54, 1.807) is 6.20 Å². The van der Waals surface area contributed by atoms with Crippen LogP contribution in [0.15, 0.2) is 30.5 Å². The second-order valence-electron chi connectivity index (χ2n) is 7.68. The van der Waals surface area contributed by atoms with E-state index in [4.69, 9.17) is 31.9 Å². The van der Waals surface area contributed by atoms with Crippen molar-refractivity contribution in [2.45, 2.75) is 39.0 Å². The number of ether oxygens (including phenoxy) is 1. The minimum Gasteiger partial charge on any atom is -0.489 e. The van der Waals surface area contributed by atoms with Crippen LogP contribution in [0.3, 0.4) is 0 Å². The van der Waals surface area contributed by atoms with E-state index >= 15 is 0 Å². The fraction of sp³-hybridized carbons (Fsp3) is 0.350. The number of nitrogens with zero attached hydrogens (tertiary/aromatic N) is 3. The molecule has 0 unspecified atom stereocenters. The summed E-state index contributed by atoms with van der Waals surface area (Å²) < 4.78 is 35.5. The van der Waals surface area contributed by atoms with E-state index in [-0.39, 0.29) is 23.4 Å². The highest BCUT2D eigenvalue weighted by atomic mass is 35.5. The number of phosphoric ester groups is 1. The summed E-state index contributed by atoms with van der Waals surface area (Å²) in [6, 6.07) is 5.49. The third-order valence-electron chi connectivity index (χ3n) is 4.46. The van der Waals surface area contributed by atoms with Gasteiger partial charge < -0.3 is 25.6 Å². The zero-order chi connectivity index (χ0) is 25.0. The maximum atomic E-state index is 14.7. The predicted octanol–water partition coefficient (Wildman–Crippen LogP) is 4.08. The SMILES string of the molecule is CC(C)Nc1ccc(-c2nnc(-c3cc(F)c(OC[C@H](N)[C@H](C)OP(=O)(O)O)cc3Cl)s2)cn1. The van der Waals surface area contributed by atoms with Crippen molar-refractivity contribution in [3.05, 3.63) is 41.3 Å². The Bertz CT molecular complexity index is 1180. The van der Waals surface area contributed by atoms with Gasteiger partial charge >= 0.3 is 7.82 Å². The van der Waals surface area contributed by atoms with Gasteiger partial charge in [-0.3, -0.25) is 4.52 Å². The van der Waals surface area contributed by atoms with Gasteiger partial charge in [0.2, 0.25) is 0 Å². The van der Waals surface area contributed by atoms with Crippen LogP contribution < -0.4 is 15.8 Å². The van der Waals surface area contributed by atoms with Crippen LogP contribution in [-0.2, 0) is 9.09 Å². The Morgan fingerprint density at radius 1 is 1.24 bits per heavy atom. The average Bonchev–Trinajstić information content (AvgIpc) is 3.22. The monoisotopic (exact) mass is 531 g/mol. The summed E-state index contributed by atoms with van der Waals surface area (Å²) in [4.78, 5) is 22.1. The number of aromatic nitrogens is 3. The number of anilines is 1. The summed E-state index contributed by atoms with van der Waals surface area (Å²) in [6.45, 7) is 5.14. The van der Waals surface area contributed by atoms with Crippen LogP contribution in [0.25, 0.3) is 21.1 Å². The van der Waals surface area contributed by atoms with E-state index in [0.29, 0.717) is 15.6 Å². The van der Waals surface area contributed by atoms with Gasteiger partial charge in [-0.2, -0.15) is 0 Å². The van der Waals surface area contributed by atoms with Gasteiger partial charge in [0.05, 0.1) is 17.2 Å². The van der Waals surface area contributed by atoms with Crippen molar-refractivity contribution < 1.29 is 28.0 Å². The summed E-state index contributed by atoms with van der Waals surface area (Å²) in [6.07, 6.45) is 0.650. The smallest absolute Gasteiger partial charge is 0.469 e. The van der Waals surface area contributed by atoms with E-state index in [1.807, 2.05) is 26.0 Å². The van der Waals surface area contributed by atoms with E-state index in [0.717, 1.165) is 11.4 Å². The van der Waals surface area contributed by atoms with Gasteiger partial charge in [0.1, 0.15) is 22.4 Å². The second kappa shape index (κ2) is 11.0. The molecule has 0 saturated heterocycles. The number of benzene rings is 1. The predicted molar refractivity (Wildman–Crippen MR) is 128 cm³/mol. The molecule has 1 aromatic carbocycles. The van der Waals surface area contributed by atoms with E-state index in [1.165, 1.54) is 30.4 Å². The lowest BCUT2D eigenvalue weighted by Gasteiger charge is -2.21. The van der Waals surface area contributed by atoms with Gasteiger partial charge in [-0.15, -0.1) is 10.2 Å². The first-order chi connectivity index (χ1) is 15.9. The van der Waals surface area contributed by atoms with Crippen molar-refractivity contribution in [3.8, 4) is 26.9 Å². The topological polar surface area (TPSA) is 153 Å². The van der Waals surface area contributed by atoms with Crippen LogP contribution in [-0.4, -0.2) is 49.8 Å². The molecule has 184 valence electrons. The molecule has 34 heavy (non-hydrogen) atoms. The second-order valence-corrected chi connectivity index (χ2v) is 10.3. The number of rotatable bonds is 10. The van der Waals surface area contributed by atoms with E-state index < -0.39 is 25.8 Å². The molecule has 0 aliphatic rings. The maximum Gasteiger partial charge on any atom is 0.469 e. The molecule has 10 nitrogen and oxygen atoms in total. The summed E-state index contributed by atoms with van der Waals surface area (Å²) in [5, 5.41) is 12.7. The number of hydrogen-bond donors (Lipinski definition) is 4. The Morgan fingerprint density at radius 3 is 2.56 bits per heavy atom. The molecule has 0 aliphatic heterocycles. The molecular formula is C20H24ClFN5O5PS. The van der Waals surface area contributed by atoms with Crippen LogP contribution in [0, 0.1) is 5.82 Å². The summed E-state index contributed by atoms with van der Waals surface area (Å²) >= 11 is 7.57. The molecule has 0 saturated carbocycles. The zero-order valence-electron chi connectivity index (χ0n) is 18.5. The molecule has 14 heteroatoms. The molecule has 2 heterocycles. The van der Waals surface area contributed by atoms with Crippen LogP contribution in [0.4, 0.5) is 10.2 Å². The number of nitrogens with two attached hydrogens (primary N) is 1. The number of pyridine rings is 1. The minimum absolute atomic E-state index is 0.172. The van der Waals surface area contributed by atoms with Gasteiger partial charge in [0.15, 0.2) is 11.6 Å². The van der Waals surface area contributed by atoms with Crippen molar-refractivity contribution in [2.24, 2.45) is 5.73 Å². The Balaban J connectivity index is 1.72. The highest BCUT2D eigenvalue weighted by molar-refractivity contribution is 7.46. The van der Waals surface area contributed by atoms with Crippen molar-refractivity contribution >= 4 is 36.6 Å². The Morgan fingerprint density at radius 2 is 1.94 bits per heavy atom. The molecule has 2 atom stereocenters. The van der Waals surface area contributed by atoms with Crippen LogP contribution in [0.5, 0.6) is 5.75 Å². The standard InChI is InChI=1S/C20H24ClFN5O5PS/c1-10(2)25-18-5-4-12(8-24-18)19-26-27-20(34-19)13-6-15(22)17(7-14(13)21)31-9-16(23)11(3)32-33(28,29)30/h4-8,10-11,16H,9,23H2,1-3H3,(H,24,25)(H2,28,29,30)/t11-,16-/m0/s1. The van der Waals surface area contributed by atoms with E-state index in [9.17, 15) is 8.96 Å². The maximum absolute atomic E-state index is 14.7. The third kappa shape index (κ3) is 7.16.